The van der Waals surface area contributed by atoms with Crippen molar-refractivity contribution in [2.24, 2.45) is 5.73 Å². The van der Waals surface area contributed by atoms with E-state index in [9.17, 15) is 0 Å². The van der Waals surface area contributed by atoms with Crippen molar-refractivity contribution in [3.05, 3.63) is 11.8 Å². The zero-order valence-electron chi connectivity index (χ0n) is 10.1. The summed E-state index contributed by atoms with van der Waals surface area (Å²) < 4.78 is 5.06. The molecule has 1 fully saturated rings. The van der Waals surface area contributed by atoms with Crippen molar-refractivity contribution >= 4 is 11.8 Å². The molecule has 1 atom stereocenters. The molecule has 0 spiro atoms. The average Bonchev–Trinajstić information content (AvgIpc) is 2.28. The summed E-state index contributed by atoms with van der Waals surface area (Å²) in [6, 6.07) is 2.13. The molecule has 2 heterocycles. The van der Waals surface area contributed by atoms with Gasteiger partial charge in [0.25, 0.3) is 0 Å². The number of rotatable bonds is 3. The predicted octanol–water partition coefficient (Wildman–Crippen LogP) is 0.133. The van der Waals surface area contributed by atoms with Gasteiger partial charge in [-0.1, -0.05) is 0 Å². The van der Waals surface area contributed by atoms with E-state index in [1.54, 1.807) is 7.11 Å². The van der Waals surface area contributed by atoms with Crippen LogP contribution in [0.1, 0.15) is 18.5 Å². The van der Waals surface area contributed by atoms with Crippen molar-refractivity contribution in [1.29, 1.82) is 0 Å². The maximum Gasteiger partial charge on any atom is 0.222 e. The molecule has 1 aromatic rings. The van der Waals surface area contributed by atoms with E-state index >= 15 is 0 Å². The van der Waals surface area contributed by atoms with Gasteiger partial charge in [0.05, 0.1) is 12.3 Å². The quantitative estimate of drug-likeness (QED) is 0.776. The van der Waals surface area contributed by atoms with E-state index in [1.807, 2.05) is 6.07 Å². The number of hydrogen-bond donors (Lipinski definition) is 2. The molecule has 0 radical (unpaired) electrons. The normalized spacial score (nSPS) is 20.6. The summed E-state index contributed by atoms with van der Waals surface area (Å²) in [5.41, 5.74) is 12.5. The molecule has 0 bridgehead atoms. The number of nitrogens with two attached hydrogens (primary N) is 2. The molecule has 94 valence electrons. The number of nitrogens with zero attached hydrogens (tertiary/aromatic N) is 3. The van der Waals surface area contributed by atoms with Gasteiger partial charge >= 0.3 is 0 Å². The Balaban J connectivity index is 2.18. The molecule has 1 aliphatic heterocycles. The minimum atomic E-state index is 0.214. The highest BCUT2D eigenvalue weighted by Crippen LogP contribution is 2.19. The molecule has 2 rings (SSSR count). The second-order valence-electron chi connectivity index (χ2n) is 4.36. The van der Waals surface area contributed by atoms with Crippen molar-refractivity contribution in [3.8, 4) is 0 Å². The first kappa shape index (κ1) is 12.1. The fourth-order valence-electron chi connectivity index (χ4n) is 2.10. The molecule has 1 aliphatic rings. The number of hydrogen-bond acceptors (Lipinski definition) is 6. The van der Waals surface area contributed by atoms with E-state index < -0.39 is 0 Å². The monoisotopic (exact) mass is 237 g/mol. The van der Waals surface area contributed by atoms with Crippen LogP contribution in [-0.2, 0) is 11.3 Å². The lowest BCUT2D eigenvalue weighted by Crippen LogP contribution is -2.43. The van der Waals surface area contributed by atoms with E-state index in [1.165, 1.54) is 0 Å². The number of piperidine rings is 1. The summed E-state index contributed by atoms with van der Waals surface area (Å²) in [5, 5.41) is 0. The van der Waals surface area contributed by atoms with Crippen LogP contribution in [-0.4, -0.2) is 36.2 Å². The molecule has 6 heteroatoms. The number of anilines is 2. The summed E-state index contributed by atoms with van der Waals surface area (Å²) in [4.78, 5) is 10.5. The molecule has 4 N–H and O–H groups in total. The van der Waals surface area contributed by atoms with E-state index in [2.05, 4.69) is 14.9 Å². The standard InChI is InChI=1S/C11H19N5O/c1-17-7-9-5-10(15-11(13)14-9)16-4-2-3-8(12)6-16/h5,8H,2-4,6-7,12H2,1H3,(H2,13,14,15)/t8-/m1/s1. The molecule has 0 aliphatic carbocycles. The lowest BCUT2D eigenvalue weighted by Gasteiger charge is -2.31. The van der Waals surface area contributed by atoms with Gasteiger partial charge in [0.1, 0.15) is 5.82 Å². The minimum Gasteiger partial charge on any atom is -0.378 e. The molecular weight excluding hydrogens is 218 g/mol. The summed E-state index contributed by atoms with van der Waals surface area (Å²) >= 11 is 0. The van der Waals surface area contributed by atoms with Crippen LogP contribution in [0.4, 0.5) is 11.8 Å². The third-order valence-corrected chi connectivity index (χ3v) is 2.86. The van der Waals surface area contributed by atoms with Gasteiger partial charge < -0.3 is 21.1 Å². The predicted molar refractivity (Wildman–Crippen MR) is 66.6 cm³/mol. The van der Waals surface area contributed by atoms with Crippen LogP contribution in [0.2, 0.25) is 0 Å². The average molecular weight is 237 g/mol. The highest BCUT2D eigenvalue weighted by molar-refractivity contribution is 5.44. The molecule has 1 saturated heterocycles. The fraction of sp³-hybridized carbons (Fsp3) is 0.636. The molecule has 6 nitrogen and oxygen atoms in total. The Hall–Kier alpha value is -1.40. The Kier molecular flexibility index (Phi) is 3.75. The van der Waals surface area contributed by atoms with Crippen LogP contribution < -0.4 is 16.4 Å². The van der Waals surface area contributed by atoms with E-state index in [0.717, 1.165) is 37.4 Å². The number of nitrogen functional groups attached to an aromatic ring is 1. The van der Waals surface area contributed by atoms with Gasteiger partial charge in [-0.05, 0) is 12.8 Å². The topological polar surface area (TPSA) is 90.3 Å². The Morgan fingerprint density at radius 3 is 3.06 bits per heavy atom. The van der Waals surface area contributed by atoms with Crippen molar-refractivity contribution in [1.82, 2.24) is 9.97 Å². The van der Waals surface area contributed by atoms with Crippen molar-refractivity contribution in [2.75, 3.05) is 30.8 Å². The third-order valence-electron chi connectivity index (χ3n) is 2.86. The fourth-order valence-corrected chi connectivity index (χ4v) is 2.10. The molecule has 0 aromatic carbocycles. The minimum absolute atomic E-state index is 0.214. The van der Waals surface area contributed by atoms with E-state index in [0.29, 0.717) is 6.61 Å². The van der Waals surface area contributed by atoms with Gasteiger partial charge in [0.15, 0.2) is 0 Å². The van der Waals surface area contributed by atoms with Gasteiger partial charge in [-0.25, -0.2) is 4.98 Å². The van der Waals surface area contributed by atoms with Gasteiger partial charge in [-0.3, -0.25) is 0 Å². The highest BCUT2D eigenvalue weighted by Gasteiger charge is 2.18. The van der Waals surface area contributed by atoms with Gasteiger partial charge in [0, 0.05) is 32.3 Å². The first-order valence-corrected chi connectivity index (χ1v) is 5.82. The lowest BCUT2D eigenvalue weighted by molar-refractivity contribution is 0.181. The van der Waals surface area contributed by atoms with Crippen LogP contribution in [0.5, 0.6) is 0 Å². The summed E-state index contributed by atoms with van der Waals surface area (Å²) in [7, 11) is 1.63. The molecule has 0 unspecified atom stereocenters. The van der Waals surface area contributed by atoms with Gasteiger partial charge in [-0.2, -0.15) is 4.98 Å². The first-order valence-electron chi connectivity index (χ1n) is 5.82. The van der Waals surface area contributed by atoms with Crippen LogP contribution in [0.3, 0.4) is 0 Å². The molecule has 1 aromatic heterocycles. The molecular formula is C11H19N5O. The number of methoxy groups -OCH3 is 1. The Bertz CT molecular complexity index is 384. The van der Waals surface area contributed by atoms with E-state index in [-0.39, 0.29) is 12.0 Å². The van der Waals surface area contributed by atoms with Gasteiger partial charge in [-0.15, -0.1) is 0 Å². The highest BCUT2D eigenvalue weighted by atomic mass is 16.5. The lowest BCUT2D eigenvalue weighted by atomic mass is 10.1. The van der Waals surface area contributed by atoms with Crippen LogP contribution in [0.15, 0.2) is 6.07 Å². The van der Waals surface area contributed by atoms with Crippen LogP contribution in [0.25, 0.3) is 0 Å². The van der Waals surface area contributed by atoms with Gasteiger partial charge in [0.2, 0.25) is 5.95 Å². The summed E-state index contributed by atoms with van der Waals surface area (Å²) in [6.45, 7) is 2.24. The SMILES string of the molecule is COCc1cc(N2CCC[C@@H](N)C2)nc(N)n1. The maximum absolute atomic E-state index is 5.96. The van der Waals surface area contributed by atoms with Crippen molar-refractivity contribution in [2.45, 2.75) is 25.5 Å². The Morgan fingerprint density at radius 2 is 2.35 bits per heavy atom. The van der Waals surface area contributed by atoms with Crippen molar-refractivity contribution in [3.63, 3.8) is 0 Å². The largest absolute Gasteiger partial charge is 0.378 e. The smallest absolute Gasteiger partial charge is 0.222 e. The summed E-state index contributed by atoms with van der Waals surface area (Å²) in [6.07, 6.45) is 2.16. The summed E-state index contributed by atoms with van der Waals surface area (Å²) in [5.74, 6) is 1.13. The zero-order valence-corrected chi connectivity index (χ0v) is 10.1. The number of aromatic nitrogens is 2. The van der Waals surface area contributed by atoms with Crippen LogP contribution in [0, 0.1) is 0 Å². The molecule has 0 saturated carbocycles. The van der Waals surface area contributed by atoms with E-state index in [4.69, 9.17) is 16.2 Å². The second kappa shape index (κ2) is 5.29. The van der Waals surface area contributed by atoms with Crippen molar-refractivity contribution < 1.29 is 4.74 Å². The maximum atomic E-state index is 5.96. The Labute approximate surface area is 101 Å². The molecule has 17 heavy (non-hydrogen) atoms. The Morgan fingerprint density at radius 1 is 1.53 bits per heavy atom. The number of ether oxygens (including phenoxy) is 1. The zero-order chi connectivity index (χ0) is 12.3. The second-order valence-corrected chi connectivity index (χ2v) is 4.36. The molecule has 0 amide bonds. The first-order chi connectivity index (χ1) is 8.19. The van der Waals surface area contributed by atoms with Crippen LogP contribution >= 0.6 is 0 Å². The third kappa shape index (κ3) is 3.04.